The fourth-order valence-corrected chi connectivity index (χ4v) is 3.19. The minimum Gasteiger partial charge on any atom is -0.394 e. The summed E-state index contributed by atoms with van der Waals surface area (Å²) in [4.78, 5) is 25.8. The van der Waals surface area contributed by atoms with Crippen molar-refractivity contribution in [2.45, 2.75) is 12.1 Å². The Bertz CT molecular complexity index is 896. The highest BCUT2D eigenvalue weighted by Crippen LogP contribution is 2.17. The first-order valence-corrected chi connectivity index (χ1v) is 9.66. The van der Waals surface area contributed by atoms with E-state index in [2.05, 4.69) is 10.6 Å². The first kappa shape index (κ1) is 21.2. The van der Waals surface area contributed by atoms with E-state index in [1.54, 1.807) is 24.3 Å². The summed E-state index contributed by atoms with van der Waals surface area (Å²) < 4.78 is 0. The Kier molecular flexibility index (Phi) is 7.32. The van der Waals surface area contributed by atoms with Crippen LogP contribution in [-0.4, -0.2) is 35.2 Å². The summed E-state index contributed by atoms with van der Waals surface area (Å²) in [5.74, 6) is -0.937. The number of aliphatic hydroxyl groups is 2. The average molecular weight is 404 g/mol. The van der Waals surface area contributed by atoms with Gasteiger partial charge in [-0.25, -0.2) is 0 Å². The Morgan fingerprint density at radius 2 is 0.933 bits per heavy atom. The molecule has 0 aromatic heterocycles. The van der Waals surface area contributed by atoms with Crippen molar-refractivity contribution < 1.29 is 19.8 Å². The number of rotatable bonds is 8. The third kappa shape index (κ3) is 5.11. The quantitative estimate of drug-likeness (QED) is 0.464. The molecule has 0 radical (unpaired) electrons. The van der Waals surface area contributed by atoms with E-state index in [4.69, 9.17) is 0 Å². The van der Waals surface area contributed by atoms with E-state index < -0.39 is 23.9 Å². The molecule has 154 valence electrons. The topological polar surface area (TPSA) is 98.7 Å². The van der Waals surface area contributed by atoms with Crippen molar-refractivity contribution in [2.75, 3.05) is 13.2 Å². The van der Waals surface area contributed by atoms with E-state index >= 15 is 0 Å². The van der Waals surface area contributed by atoms with Crippen LogP contribution in [0.2, 0.25) is 0 Å². The van der Waals surface area contributed by atoms with Gasteiger partial charge in [-0.1, -0.05) is 72.8 Å². The minimum absolute atomic E-state index is 0.189. The van der Waals surface area contributed by atoms with Gasteiger partial charge in [0.1, 0.15) is 0 Å². The third-order valence-corrected chi connectivity index (χ3v) is 4.80. The molecule has 0 spiro atoms. The van der Waals surface area contributed by atoms with E-state index in [1.165, 1.54) is 0 Å². The lowest BCUT2D eigenvalue weighted by Crippen LogP contribution is -2.35. The van der Waals surface area contributed by atoms with Crippen molar-refractivity contribution in [3.8, 4) is 0 Å². The van der Waals surface area contributed by atoms with Gasteiger partial charge < -0.3 is 20.8 Å². The van der Waals surface area contributed by atoms with Crippen LogP contribution in [0, 0.1) is 0 Å². The zero-order chi connectivity index (χ0) is 21.3. The van der Waals surface area contributed by atoms with Crippen LogP contribution in [0.3, 0.4) is 0 Å². The summed E-state index contributed by atoms with van der Waals surface area (Å²) in [7, 11) is 0. The molecule has 30 heavy (non-hydrogen) atoms. The molecule has 0 aliphatic heterocycles. The second-order valence-electron chi connectivity index (χ2n) is 6.78. The first-order valence-electron chi connectivity index (χ1n) is 9.66. The fraction of sp³-hybridized carbons (Fsp3) is 0.167. The van der Waals surface area contributed by atoms with Crippen LogP contribution in [0.15, 0.2) is 84.9 Å². The van der Waals surface area contributed by atoms with Crippen LogP contribution in [0.5, 0.6) is 0 Å². The van der Waals surface area contributed by atoms with Crippen LogP contribution in [0.4, 0.5) is 0 Å². The fourth-order valence-electron chi connectivity index (χ4n) is 3.19. The van der Waals surface area contributed by atoms with Gasteiger partial charge in [0.05, 0.1) is 36.4 Å². The van der Waals surface area contributed by atoms with Crippen molar-refractivity contribution in [2.24, 2.45) is 0 Å². The summed E-state index contributed by atoms with van der Waals surface area (Å²) in [6.07, 6.45) is 0. The van der Waals surface area contributed by atoms with Gasteiger partial charge in [-0.05, 0) is 23.3 Å². The molecule has 6 heteroatoms. The van der Waals surface area contributed by atoms with Crippen LogP contribution in [0.25, 0.3) is 0 Å². The molecule has 2 atom stereocenters. The zero-order valence-corrected chi connectivity index (χ0v) is 16.4. The molecular weight excluding hydrogens is 380 g/mol. The van der Waals surface area contributed by atoms with Crippen LogP contribution in [-0.2, 0) is 0 Å². The molecule has 3 rings (SSSR count). The predicted molar refractivity (Wildman–Crippen MR) is 114 cm³/mol. The molecule has 0 heterocycles. The maximum atomic E-state index is 12.9. The van der Waals surface area contributed by atoms with E-state index in [-0.39, 0.29) is 24.3 Å². The Balaban J connectivity index is 1.79. The van der Waals surface area contributed by atoms with E-state index in [1.807, 2.05) is 60.7 Å². The highest BCUT2D eigenvalue weighted by atomic mass is 16.3. The molecule has 3 aromatic rings. The van der Waals surface area contributed by atoms with Crippen molar-refractivity contribution in [1.29, 1.82) is 0 Å². The van der Waals surface area contributed by atoms with Gasteiger partial charge in [-0.3, -0.25) is 9.59 Å². The molecule has 3 aromatic carbocycles. The Morgan fingerprint density at radius 3 is 1.27 bits per heavy atom. The number of benzene rings is 3. The number of amides is 2. The molecule has 0 saturated heterocycles. The van der Waals surface area contributed by atoms with Gasteiger partial charge in [0.2, 0.25) is 0 Å². The largest absolute Gasteiger partial charge is 0.394 e. The molecule has 2 amide bonds. The lowest BCUT2D eigenvalue weighted by molar-refractivity contribution is 0.0882. The molecular formula is C24H24N2O4. The Hall–Kier alpha value is -3.48. The van der Waals surface area contributed by atoms with Gasteiger partial charge in [0.25, 0.3) is 11.8 Å². The summed E-state index contributed by atoms with van der Waals surface area (Å²) in [5.41, 5.74) is 1.91. The average Bonchev–Trinajstić information content (AvgIpc) is 2.81. The second-order valence-corrected chi connectivity index (χ2v) is 6.78. The summed E-state index contributed by atoms with van der Waals surface area (Å²) in [5, 5.41) is 25.0. The number of nitrogens with one attached hydrogen (secondary N) is 2. The molecule has 2 unspecified atom stereocenters. The second kappa shape index (κ2) is 10.3. The summed E-state index contributed by atoms with van der Waals surface area (Å²) in [6, 6.07) is 23.5. The lowest BCUT2D eigenvalue weighted by atomic mass is 10.0. The SMILES string of the molecule is O=C(NC(CO)c1ccccc1)c1ccccc1C(=O)NC(CO)c1ccccc1. The predicted octanol–water partition coefficient (Wildman–Crippen LogP) is 2.61. The first-order chi connectivity index (χ1) is 14.6. The van der Waals surface area contributed by atoms with Crippen molar-refractivity contribution >= 4 is 11.8 Å². The monoisotopic (exact) mass is 404 g/mol. The number of hydrogen-bond acceptors (Lipinski definition) is 4. The van der Waals surface area contributed by atoms with Gasteiger partial charge in [-0.2, -0.15) is 0 Å². The Morgan fingerprint density at radius 1 is 0.600 bits per heavy atom. The minimum atomic E-state index is -0.593. The van der Waals surface area contributed by atoms with Crippen LogP contribution >= 0.6 is 0 Å². The molecule has 0 fully saturated rings. The van der Waals surface area contributed by atoms with Crippen molar-refractivity contribution in [3.05, 3.63) is 107 Å². The van der Waals surface area contributed by atoms with E-state index in [0.29, 0.717) is 0 Å². The highest BCUT2D eigenvalue weighted by Gasteiger charge is 2.22. The smallest absolute Gasteiger partial charge is 0.252 e. The number of carbonyl (C=O) groups excluding carboxylic acids is 2. The number of aliphatic hydroxyl groups excluding tert-OH is 2. The van der Waals surface area contributed by atoms with Gasteiger partial charge in [0, 0.05) is 0 Å². The number of carbonyl (C=O) groups is 2. The molecule has 0 saturated carbocycles. The highest BCUT2D eigenvalue weighted by molar-refractivity contribution is 6.07. The maximum Gasteiger partial charge on any atom is 0.252 e. The molecule has 0 bridgehead atoms. The van der Waals surface area contributed by atoms with Crippen molar-refractivity contribution in [1.82, 2.24) is 10.6 Å². The maximum absolute atomic E-state index is 12.9. The van der Waals surface area contributed by atoms with Crippen molar-refractivity contribution in [3.63, 3.8) is 0 Å². The molecule has 6 nitrogen and oxygen atoms in total. The third-order valence-electron chi connectivity index (χ3n) is 4.80. The normalized spacial score (nSPS) is 12.6. The van der Waals surface area contributed by atoms with Gasteiger partial charge >= 0.3 is 0 Å². The molecule has 0 aliphatic carbocycles. The van der Waals surface area contributed by atoms with Gasteiger partial charge in [0.15, 0.2) is 0 Å². The summed E-state index contributed by atoms with van der Waals surface area (Å²) in [6.45, 7) is -0.546. The summed E-state index contributed by atoms with van der Waals surface area (Å²) >= 11 is 0. The zero-order valence-electron chi connectivity index (χ0n) is 16.4. The standard InChI is InChI=1S/C24H24N2O4/c27-15-21(17-9-3-1-4-10-17)25-23(29)19-13-7-8-14-20(19)24(30)26-22(16-28)18-11-5-2-6-12-18/h1-14,21-22,27-28H,15-16H2,(H,25,29)(H,26,30). The van der Waals surface area contributed by atoms with Crippen LogP contribution < -0.4 is 10.6 Å². The lowest BCUT2D eigenvalue weighted by Gasteiger charge is -2.20. The van der Waals surface area contributed by atoms with Crippen LogP contribution in [0.1, 0.15) is 43.9 Å². The Labute approximate surface area is 175 Å². The van der Waals surface area contributed by atoms with E-state index in [0.717, 1.165) is 11.1 Å². The van der Waals surface area contributed by atoms with E-state index in [9.17, 15) is 19.8 Å². The van der Waals surface area contributed by atoms with Gasteiger partial charge in [-0.15, -0.1) is 0 Å². The number of hydrogen-bond donors (Lipinski definition) is 4. The molecule has 4 N–H and O–H groups in total. The molecule has 0 aliphatic rings.